The van der Waals surface area contributed by atoms with Crippen LogP contribution in [0, 0.1) is 0 Å². The molecule has 0 atom stereocenters. The van der Waals surface area contributed by atoms with Crippen molar-refractivity contribution in [3.05, 3.63) is 48.5 Å². The Labute approximate surface area is 136 Å². The van der Waals surface area contributed by atoms with Gasteiger partial charge in [0, 0.05) is 36.6 Å². The monoisotopic (exact) mass is 312 g/mol. The fourth-order valence-electron chi connectivity index (χ4n) is 2.76. The van der Waals surface area contributed by atoms with Gasteiger partial charge >= 0.3 is 6.03 Å². The van der Waals surface area contributed by atoms with E-state index in [1.165, 1.54) is 0 Å². The summed E-state index contributed by atoms with van der Waals surface area (Å²) in [5.41, 5.74) is 1.70. The van der Waals surface area contributed by atoms with Gasteiger partial charge in [0.2, 0.25) is 0 Å². The summed E-state index contributed by atoms with van der Waals surface area (Å²) in [5, 5.41) is 0. The molecule has 120 valence electrons. The van der Waals surface area contributed by atoms with E-state index in [1.54, 1.807) is 24.0 Å². The summed E-state index contributed by atoms with van der Waals surface area (Å²) in [4.78, 5) is 16.5. The van der Waals surface area contributed by atoms with Crippen LogP contribution in [-0.4, -0.2) is 33.3 Å². The number of hydrogen-bond acceptors (Lipinski definition) is 3. The fourth-order valence-corrected chi connectivity index (χ4v) is 2.76. The predicted octanol–water partition coefficient (Wildman–Crippen LogP) is 3.54. The maximum absolute atomic E-state index is 12.9. The Kier molecular flexibility index (Phi) is 4.37. The van der Waals surface area contributed by atoms with Crippen LogP contribution in [0.4, 0.5) is 16.2 Å². The molecular weight excluding hydrogens is 292 g/mol. The predicted molar refractivity (Wildman–Crippen MR) is 90.7 cm³/mol. The fraction of sp³-hybridized carbons (Fsp3) is 0.278. The van der Waals surface area contributed by atoms with Gasteiger partial charge in [0.05, 0.1) is 14.2 Å². The number of urea groups is 1. The molecule has 1 heterocycles. The summed E-state index contributed by atoms with van der Waals surface area (Å²) in [7, 11) is 3.25. The van der Waals surface area contributed by atoms with E-state index in [0.717, 1.165) is 29.3 Å². The second-order valence-electron chi connectivity index (χ2n) is 5.34. The van der Waals surface area contributed by atoms with Gasteiger partial charge in [-0.3, -0.25) is 9.80 Å². The highest BCUT2D eigenvalue weighted by molar-refractivity contribution is 6.04. The van der Waals surface area contributed by atoms with E-state index < -0.39 is 0 Å². The lowest BCUT2D eigenvalue weighted by molar-refractivity contribution is 0.248. The number of carbonyl (C=O) groups is 1. The first-order valence-corrected chi connectivity index (χ1v) is 7.60. The highest BCUT2D eigenvalue weighted by Gasteiger charge is 2.28. The first-order chi connectivity index (χ1) is 11.2. The molecule has 3 rings (SSSR count). The van der Waals surface area contributed by atoms with Crippen LogP contribution < -0.4 is 19.3 Å². The molecule has 0 saturated carbocycles. The number of carbonyl (C=O) groups excluding carboxylic acids is 1. The van der Waals surface area contributed by atoms with Gasteiger partial charge in [-0.05, 0) is 30.7 Å². The number of rotatable bonds is 4. The zero-order valence-corrected chi connectivity index (χ0v) is 13.4. The molecule has 0 aliphatic carbocycles. The lowest BCUT2D eigenvalue weighted by Gasteiger charge is -2.35. The smallest absolute Gasteiger partial charge is 0.328 e. The number of methoxy groups -OCH3 is 2. The Bertz CT molecular complexity index is 645. The molecule has 0 radical (unpaired) electrons. The highest BCUT2D eigenvalue weighted by Crippen LogP contribution is 2.28. The summed E-state index contributed by atoms with van der Waals surface area (Å²) < 4.78 is 10.5. The highest BCUT2D eigenvalue weighted by atomic mass is 16.5. The van der Waals surface area contributed by atoms with Crippen molar-refractivity contribution in [1.82, 2.24) is 0 Å². The number of nitrogens with zero attached hydrogens (tertiary/aromatic N) is 2. The summed E-state index contributed by atoms with van der Waals surface area (Å²) in [6.45, 7) is 1.40. The first kappa shape index (κ1) is 15.2. The molecule has 2 amide bonds. The van der Waals surface area contributed by atoms with Crippen LogP contribution in [0.15, 0.2) is 48.5 Å². The molecule has 1 aliphatic heterocycles. The lowest BCUT2D eigenvalue weighted by atomic mass is 10.2. The van der Waals surface area contributed by atoms with E-state index in [1.807, 2.05) is 48.5 Å². The molecule has 0 spiro atoms. The van der Waals surface area contributed by atoms with Crippen LogP contribution in [0.3, 0.4) is 0 Å². The summed E-state index contributed by atoms with van der Waals surface area (Å²) >= 11 is 0. The molecule has 1 fully saturated rings. The van der Waals surface area contributed by atoms with Gasteiger partial charge in [0.15, 0.2) is 0 Å². The van der Waals surface area contributed by atoms with Gasteiger partial charge in [-0.25, -0.2) is 4.79 Å². The third kappa shape index (κ3) is 3.08. The van der Waals surface area contributed by atoms with Crippen molar-refractivity contribution in [2.45, 2.75) is 6.42 Å². The molecule has 1 aliphatic rings. The maximum atomic E-state index is 12.9. The SMILES string of the molecule is COc1cccc(N2CCCN(c3cccc(OC)c3)C2=O)c1. The minimum atomic E-state index is -0.0299. The lowest BCUT2D eigenvalue weighted by Crippen LogP contribution is -2.49. The van der Waals surface area contributed by atoms with Crippen LogP contribution in [0.1, 0.15) is 6.42 Å². The van der Waals surface area contributed by atoms with E-state index in [4.69, 9.17) is 9.47 Å². The number of amides is 2. The Balaban J connectivity index is 1.88. The van der Waals surface area contributed by atoms with Crippen LogP contribution in [0.5, 0.6) is 11.5 Å². The Morgan fingerprint density at radius 3 is 1.74 bits per heavy atom. The van der Waals surface area contributed by atoms with E-state index in [-0.39, 0.29) is 6.03 Å². The molecule has 23 heavy (non-hydrogen) atoms. The van der Waals surface area contributed by atoms with Crippen molar-refractivity contribution in [1.29, 1.82) is 0 Å². The molecule has 0 aromatic heterocycles. The summed E-state index contributed by atoms with van der Waals surface area (Å²) in [6.07, 6.45) is 0.903. The van der Waals surface area contributed by atoms with Gasteiger partial charge in [-0.1, -0.05) is 12.1 Å². The number of anilines is 2. The van der Waals surface area contributed by atoms with Crippen LogP contribution >= 0.6 is 0 Å². The molecule has 0 unspecified atom stereocenters. The van der Waals surface area contributed by atoms with Gasteiger partial charge < -0.3 is 9.47 Å². The maximum Gasteiger partial charge on any atom is 0.328 e. The van der Waals surface area contributed by atoms with Crippen LogP contribution in [0.2, 0.25) is 0 Å². The van der Waals surface area contributed by atoms with Crippen molar-refractivity contribution in [3.8, 4) is 11.5 Å². The molecule has 0 bridgehead atoms. The summed E-state index contributed by atoms with van der Waals surface area (Å²) in [6, 6.07) is 15.1. The average molecular weight is 312 g/mol. The van der Waals surface area contributed by atoms with Gasteiger partial charge in [0.1, 0.15) is 11.5 Å². The third-order valence-electron chi connectivity index (χ3n) is 3.96. The van der Waals surface area contributed by atoms with E-state index in [0.29, 0.717) is 13.1 Å². The van der Waals surface area contributed by atoms with Crippen molar-refractivity contribution in [2.24, 2.45) is 0 Å². The average Bonchev–Trinajstić information content (AvgIpc) is 2.62. The first-order valence-electron chi connectivity index (χ1n) is 7.60. The van der Waals surface area contributed by atoms with Crippen molar-refractivity contribution < 1.29 is 14.3 Å². The number of ether oxygens (including phenoxy) is 2. The zero-order chi connectivity index (χ0) is 16.2. The van der Waals surface area contributed by atoms with E-state index in [2.05, 4.69) is 0 Å². The van der Waals surface area contributed by atoms with Crippen molar-refractivity contribution in [3.63, 3.8) is 0 Å². The second kappa shape index (κ2) is 6.60. The minimum Gasteiger partial charge on any atom is -0.497 e. The standard InChI is InChI=1S/C18H20N2O3/c1-22-16-8-3-6-14(12-16)19-10-5-11-20(18(19)21)15-7-4-9-17(13-15)23-2/h3-4,6-9,12-13H,5,10-11H2,1-2H3. The topological polar surface area (TPSA) is 42.0 Å². The number of hydrogen-bond donors (Lipinski definition) is 0. The van der Waals surface area contributed by atoms with Crippen LogP contribution in [-0.2, 0) is 0 Å². The van der Waals surface area contributed by atoms with Crippen molar-refractivity contribution in [2.75, 3.05) is 37.1 Å². The molecule has 2 aromatic rings. The van der Waals surface area contributed by atoms with Crippen LogP contribution in [0.25, 0.3) is 0 Å². The second-order valence-corrected chi connectivity index (χ2v) is 5.34. The number of benzene rings is 2. The molecule has 2 aromatic carbocycles. The van der Waals surface area contributed by atoms with Gasteiger partial charge in [-0.15, -0.1) is 0 Å². The quantitative estimate of drug-likeness (QED) is 0.867. The zero-order valence-electron chi connectivity index (χ0n) is 13.4. The van der Waals surface area contributed by atoms with E-state index in [9.17, 15) is 4.79 Å². The molecule has 0 N–H and O–H groups in total. The Hall–Kier alpha value is -2.69. The molecule has 5 heteroatoms. The molecule has 1 saturated heterocycles. The summed E-state index contributed by atoms with van der Waals surface area (Å²) in [5.74, 6) is 1.49. The Morgan fingerprint density at radius 2 is 1.30 bits per heavy atom. The van der Waals surface area contributed by atoms with Crippen molar-refractivity contribution >= 4 is 17.4 Å². The van der Waals surface area contributed by atoms with Gasteiger partial charge in [-0.2, -0.15) is 0 Å². The van der Waals surface area contributed by atoms with E-state index >= 15 is 0 Å². The molecular formula is C18H20N2O3. The largest absolute Gasteiger partial charge is 0.497 e. The Morgan fingerprint density at radius 1 is 0.826 bits per heavy atom. The molecule has 5 nitrogen and oxygen atoms in total. The normalized spacial score (nSPS) is 14.8. The minimum absolute atomic E-state index is 0.0299. The third-order valence-corrected chi connectivity index (χ3v) is 3.96. The van der Waals surface area contributed by atoms with Gasteiger partial charge in [0.25, 0.3) is 0 Å².